The van der Waals surface area contributed by atoms with E-state index in [1.165, 1.54) is 6.07 Å². The molecule has 0 aliphatic carbocycles. The quantitative estimate of drug-likeness (QED) is 0.785. The molecule has 1 nitrogen and oxygen atoms in total. The third-order valence-corrected chi connectivity index (χ3v) is 3.00. The molecule has 1 aromatic rings. The maximum Gasteiger partial charge on any atom is 0.389 e. The van der Waals surface area contributed by atoms with Crippen molar-refractivity contribution in [3.8, 4) is 0 Å². The van der Waals surface area contributed by atoms with Crippen LogP contribution >= 0.6 is 0 Å². The van der Waals surface area contributed by atoms with Crippen LogP contribution in [0, 0.1) is 19.7 Å². The standard InChI is InChI=1S/C14H19F4N/c1-4-19-12(5-6-14(16,17)18)13-10(3)7-9(2)8-11(13)15/h7-8,12,19H,4-6H2,1-3H3. The molecule has 1 atom stereocenters. The van der Waals surface area contributed by atoms with E-state index in [2.05, 4.69) is 5.32 Å². The predicted octanol–water partition coefficient (Wildman–Crippen LogP) is 4.44. The van der Waals surface area contributed by atoms with Gasteiger partial charge >= 0.3 is 6.18 Å². The highest BCUT2D eigenvalue weighted by Crippen LogP contribution is 2.30. The molecule has 0 amide bonds. The van der Waals surface area contributed by atoms with Crippen molar-refractivity contribution in [3.63, 3.8) is 0 Å². The number of hydrogen-bond acceptors (Lipinski definition) is 1. The number of hydrogen-bond donors (Lipinski definition) is 1. The smallest absolute Gasteiger partial charge is 0.310 e. The summed E-state index contributed by atoms with van der Waals surface area (Å²) in [5.41, 5.74) is 1.80. The molecule has 0 aliphatic rings. The summed E-state index contributed by atoms with van der Waals surface area (Å²) in [6.07, 6.45) is -5.29. The highest BCUT2D eigenvalue weighted by atomic mass is 19.4. The molecule has 19 heavy (non-hydrogen) atoms. The molecular weight excluding hydrogens is 258 g/mol. The van der Waals surface area contributed by atoms with E-state index in [-0.39, 0.29) is 6.42 Å². The summed E-state index contributed by atoms with van der Waals surface area (Å²) in [4.78, 5) is 0. The van der Waals surface area contributed by atoms with Crippen molar-refractivity contribution in [2.75, 3.05) is 6.54 Å². The van der Waals surface area contributed by atoms with E-state index in [4.69, 9.17) is 0 Å². The van der Waals surface area contributed by atoms with Crippen molar-refractivity contribution < 1.29 is 17.6 Å². The first-order valence-corrected chi connectivity index (χ1v) is 6.31. The van der Waals surface area contributed by atoms with Gasteiger partial charge in [0.2, 0.25) is 0 Å². The van der Waals surface area contributed by atoms with Gasteiger partial charge in [0.05, 0.1) is 0 Å². The van der Waals surface area contributed by atoms with Crippen LogP contribution in [0.1, 0.15) is 42.5 Å². The Bertz CT molecular complexity index is 403. The van der Waals surface area contributed by atoms with E-state index >= 15 is 0 Å². The Hall–Kier alpha value is -1.10. The van der Waals surface area contributed by atoms with Gasteiger partial charge in [0.15, 0.2) is 0 Å². The van der Waals surface area contributed by atoms with E-state index in [9.17, 15) is 17.6 Å². The Morgan fingerprint density at radius 3 is 2.32 bits per heavy atom. The van der Waals surface area contributed by atoms with Crippen LogP contribution in [0.25, 0.3) is 0 Å². The van der Waals surface area contributed by atoms with Gasteiger partial charge in [-0.05, 0) is 44.0 Å². The van der Waals surface area contributed by atoms with Crippen molar-refractivity contribution in [3.05, 3.63) is 34.6 Å². The van der Waals surface area contributed by atoms with Crippen LogP contribution in [-0.2, 0) is 0 Å². The van der Waals surface area contributed by atoms with Crippen LogP contribution in [0.5, 0.6) is 0 Å². The summed E-state index contributed by atoms with van der Waals surface area (Å²) in [6, 6.07) is 2.54. The lowest BCUT2D eigenvalue weighted by Gasteiger charge is -2.22. The van der Waals surface area contributed by atoms with Crippen LogP contribution in [0.4, 0.5) is 17.6 Å². The van der Waals surface area contributed by atoms with Crippen molar-refractivity contribution >= 4 is 0 Å². The first-order chi connectivity index (χ1) is 8.74. The van der Waals surface area contributed by atoms with E-state index in [0.717, 1.165) is 5.56 Å². The molecule has 1 unspecified atom stereocenters. The van der Waals surface area contributed by atoms with E-state index in [1.54, 1.807) is 26.8 Å². The van der Waals surface area contributed by atoms with E-state index in [0.29, 0.717) is 17.7 Å². The van der Waals surface area contributed by atoms with Gasteiger partial charge in [-0.15, -0.1) is 0 Å². The highest BCUT2D eigenvalue weighted by Gasteiger charge is 2.29. The van der Waals surface area contributed by atoms with Gasteiger partial charge < -0.3 is 5.32 Å². The van der Waals surface area contributed by atoms with Gasteiger partial charge in [-0.2, -0.15) is 13.2 Å². The topological polar surface area (TPSA) is 12.0 Å². The molecule has 0 aromatic heterocycles. The lowest BCUT2D eigenvalue weighted by molar-refractivity contribution is -0.136. The molecule has 0 aliphatic heterocycles. The van der Waals surface area contributed by atoms with Crippen LogP contribution in [0.3, 0.4) is 0 Å². The van der Waals surface area contributed by atoms with Crippen LogP contribution in [0.15, 0.2) is 12.1 Å². The summed E-state index contributed by atoms with van der Waals surface area (Å²) in [6.45, 7) is 5.78. The zero-order valence-corrected chi connectivity index (χ0v) is 11.4. The summed E-state index contributed by atoms with van der Waals surface area (Å²) in [5, 5.41) is 2.93. The summed E-state index contributed by atoms with van der Waals surface area (Å²) < 4.78 is 50.9. The lowest BCUT2D eigenvalue weighted by atomic mass is 9.95. The average Bonchev–Trinajstić information content (AvgIpc) is 2.23. The minimum absolute atomic E-state index is 0.155. The van der Waals surface area contributed by atoms with E-state index in [1.807, 2.05) is 0 Å². The Morgan fingerprint density at radius 1 is 1.21 bits per heavy atom. The van der Waals surface area contributed by atoms with Gasteiger partial charge in [0, 0.05) is 18.0 Å². The molecule has 5 heteroatoms. The van der Waals surface area contributed by atoms with Crippen molar-refractivity contribution in [2.24, 2.45) is 0 Å². The maximum atomic E-state index is 14.0. The third kappa shape index (κ3) is 4.82. The van der Waals surface area contributed by atoms with Gasteiger partial charge in [0.25, 0.3) is 0 Å². The molecule has 0 heterocycles. The number of rotatable bonds is 5. The van der Waals surface area contributed by atoms with E-state index < -0.39 is 24.5 Å². The second-order valence-electron chi connectivity index (χ2n) is 4.74. The van der Waals surface area contributed by atoms with Crippen LogP contribution in [-0.4, -0.2) is 12.7 Å². The monoisotopic (exact) mass is 277 g/mol. The largest absolute Gasteiger partial charge is 0.389 e. The van der Waals surface area contributed by atoms with Crippen molar-refractivity contribution in [2.45, 2.75) is 45.8 Å². The second kappa shape index (κ2) is 6.37. The van der Waals surface area contributed by atoms with Gasteiger partial charge in [-0.1, -0.05) is 13.0 Å². The normalized spacial score (nSPS) is 13.6. The number of alkyl halides is 3. The summed E-state index contributed by atoms with van der Waals surface area (Å²) >= 11 is 0. The number of benzene rings is 1. The highest BCUT2D eigenvalue weighted by molar-refractivity contribution is 5.34. The van der Waals surface area contributed by atoms with Crippen LogP contribution in [0.2, 0.25) is 0 Å². The molecule has 1 N–H and O–H groups in total. The number of nitrogens with one attached hydrogen (secondary N) is 1. The molecule has 1 rings (SSSR count). The molecule has 0 saturated heterocycles. The summed E-state index contributed by atoms with van der Waals surface area (Å²) in [7, 11) is 0. The minimum atomic E-state index is -4.22. The third-order valence-electron chi connectivity index (χ3n) is 3.00. The average molecular weight is 277 g/mol. The molecule has 0 radical (unpaired) electrons. The first-order valence-electron chi connectivity index (χ1n) is 6.31. The zero-order chi connectivity index (χ0) is 14.6. The Labute approximate surface area is 111 Å². The molecule has 0 bridgehead atoms. The van der Waals surface area contributed by atoms with Gasteiger partial charge in [-0.3, -0.25) is 0 Å². The fourth-order valence-electron chi connectivity index (χ4n) is 2.27. The van der Waals surface area contributed by atoms with Gasteiger partial charge in [0.1, 0.15) is 5.82 Å². The molecule has 0 fully saturated rings. The number of aryl methyl sites for hydroxylation is 2. The lowest BCUT2D eigenvalue weighted by Crippen LogP contribution is -2.25. The second-order valence-corrected chi connectivity index (χ2v) is 4.74. The summed E-state index contributed by atoms with van der Waals surface area (Å²) in [5.74, 6) is -0.439. The first kappa shape index (κ1) is 16.0. The molecule has 0 saturated carbocycles. The fraction of sp³-hybridized carbons (Fsp3) is 0.571. The Morgan fingerprint density at radius 2 is 1.84 bits per heavy atom. The van der Waals surface area contributed by atoms with Crippen LogP contribution < -0.4 is 5.32 Å². The van der Waals surface area contributed by atoms with Gasteiger partial charge in [-0.25, -0.2) is 4.39 Å². The molecule has 108 valence electrons. The molecule has 0 spiro atoms. The van der Waals surface area contributed by atoms with Crippen molar-refractivity contribution in [1.29, 1.82) is 0 Å². The minimum Gasteiger partial charge on any atom is -0.310 e. The van der Waals surface area contributed by atoms with Crippen molar-refractivity contribution in [1.82, 2.24) is 5.32 Å². The maximum absolute atomic E-state index is 14.0. The molecular formula is C14H19F4N. The molecule has 1 aromatic carbocycles. The Balaban J connectivity index is 2.99. The number of halogens is 4. The Kier molecular flexibility index (Phi) is 5.35. The predicted molar refractivity (Wildman–Crippen MR) is 67.6 cm³/mol. The zero-order valence-electron chi connectivity index (χ0n) is 11.4. The fourth-order valence-corrected chi connectivity index (χ4v) is 2.27. The SMILES string of the molecule is CCNC(CCC(F)(F)F)c1c(C)cc(C)cc1F.